The van der Waals surface area contributed by atoms with Crippen molar-refractivity contribution in [3.8, 4) is 0 Å². The standard InChI is InChI=1S/C7H11NS2/c1-4(2)6-5(3)8-7(9)10-6/h4H,1-3H3,(H,8,9). The Balaban J connectivity index is 3.15. The molecule has 0 aliphatic rings. The van der Waals surface area contributed by atoms with Crippen LogP contribution >= 0.6 is 23.6 Å². The lowest BCUT2D eigenvalue weighted by atomic mass is 10.1. The Kier molecular flexibility index (Phi) is 2.26. The monoisotopic (exact) mass is 173 g/mol. The zero-order valence-electron chi connectivity index (χ0n) is 6.39. The fraction of sp³-hybridized carbons (Fsp3) is 0.571. The normalized spacial score (nSPS) is 10.8. The molecule has 0 aliphatic carbocycles. The van der Waals surface area contributed by atoms with Crippen LogP contribution in [0.2, 0.25) is 0 Å². The zero-order chi connectivity index (χ0) is 7.72. The van der Waals surface area contributed by atoms with Crippen LogP contribution in [0, 0.1) is 10.9 Å². The van der Waals surface area contributed by atoms with Gasteiger partial charge in [0.2, 0.25) is 0 Å². The molecule has 0 aliphatic heterocycles. The van der Waals surface area contributed by atoms with Gasteiger partial charge in [0.15, 0.2) is 3.95 Å². The first-order valence-electron chi connectivity index (χ1n) is 3.31. The molecule has 10 heavy (non-hydrogen) atoms. The second-order valence-corrected chi connectivity index (χ2v) is 4.38. The molecule has 0 radical (unpaired) electrons. The van der Waals surface area contributed by atoms with Crippen molar-refractivity contribution in [2.24, 2.45) is 0 Å². The summed E-state index contributed by atoms with van der Waals surface area (Å²) in [6, 6.07) is 0. The van der Waals surface area contributed by atoms with Crippen LogP contribution < -0.4 is 0 Å². The van der Waals surface area contributed by atoms with Gasteiger partial charge in [-0.2, -0.15) is 0 Å². The van der Waals surface area contributed by atoms with Crippen molar-refractivity contribution in [3.63, 3.8) is 0 Å². The Labute approximate surface area is 70.1 Å². The molecule has 1 N–H and O–H groups in total. The number of hydrogen-bond acceptors (Lipinski definition) is 2. The number of aromatic amines is 1. The fourth-order valence-electron chi connectivity index (χ4n) is 0.967. The van der Waals surface area contributed by atoms with Gasteiger partial charge < -0.3 is 4.98 Å². The van der Waals surface area contributed by atoms with Crippen molar-refractivity contribution < 1.29 is 0 Å². The maximum Gasteiger partial charge on any atom is 0.158 e. The van der Waals surface area contributed by atoms with Gasteiger partial charge in [0.25, 0.3) is 0 Å². The molecule has 0 saturated carbocycles. The van der Waals surface area contributed by atoms with Crippen LogP contribution in [0.3, 0.4) is 0 Å². The van der Waals surface area contributed by atoms with Crippen LogP contribution in [0.15, 0.2) is 0 Å². The molecular formula is C7H11NS2. The van der Waals surface area contributed by atoms with Crippen LogP contribution in [0.5, 0.6) is 0 Å². The highest BCUT2D eigenvalue weighted by Gasteiger charge is 2.04. The molecule has 0 fully saturated rings. The van der Waals surface area contributed by atoms with Crippen molar-refractivity contribution in [2.45, 2.75) is 26.7 Å². The molecule has 0 saturated heterocycles. The molecule has 0 amide bonds. The lowest BCUT2D eigenvalue weighted by Gasteiger charge is -1.99. The van der Waals surface area contributed by atoms with Gasteiger partial charge in [-0.1, -0.05) is 13.8 Å². The Bertz CT molecular complexity index is 269. The SMILES string of the molecule is Cc1[nH]c(=S)sc1C(C)C. The van der Waals surface area contributed by atoms with E-state index in [-0.39, 0.29) is 0 Å². The molecule has 56 valence electrons. The Hall–Kier alpha value is -0.150. The summed E-state index contributed by atoms with van der Waals surface area (Å²) in [6.45, 7) is 6.44. The third-order valence-corrected chi connectivity index (χ3v) is 3.02. The van der Waals surface area contributed by atoms with Crippen LogP contribution in [-0.4, -0.2) is 4.98 Å². The van der Waals surface area contributed by atoms with E-state index in [1.54, 1.807) is 11.3 Å². The molecule has 1 heterocycles. The Morgan fingerprint density at radius 3 is 2.30 bits per heavy atom. The third-order valence-electron chi connectivity index (χ3n) is 1.39. The zero-order valence-corrected chi connectivity index (χ0v) is 8.03. The summed E-state index contributed by atoms with van der Waals surface area (Å²) in [5, 5.41) is 0. The number of rotatable bonds is 1. The molecule has 0 spiro atoms. The lowest BCUT2D eigenvalue weighted by Crippen LogP contribution is -1.84. The van der Waals surface area contributed by atoms with Crippen LogP contribution in [0.25, 0.3) is 0 Å². The number of aromatic nitrogens is 1. The number of aryl methyl sites for hydroxylation is 1. The predicted octanol–water partition coefficient (Wildman–Crippen LogP) is 3.24. The molecule has 1 rings (SSSR count). The minimum Gasteiger partial charge on any atom is -0.341 e. The fourth-order valence-corrected chi connectivity index (χ4v) is 2.23. The van der Waals surface area contributed by atoms with Crippen molar-refractivity contribution in [3.05, 3.63) is 14.5 Å². The van der Waals surface area contributed by atoms with E-state index in [9.17, 15) is 0 Å². The highest BCUT2D eigenvalue weighted by Crippen LogP contribution is 2.23. The maximum absolute atomic E-state index is 5.00. The number of thiazole rings is 1. The van der Waals surface area contributed by atoms with E-state index in [4.69, 9.17) is 12.2 Å². The smallest absolute Gasteiger partial charge is 0.158 e. The van der Waals surface area contributed by atoms with E-state index in [1.807, 2.05) is 0 Å². The maximum atomic E-state index is 5.00. The Morgan fingerprint density at radius 2 is 2.10 bits per heavy atom. The lowest BCUT2D eigenvalue weighted by molar-refractivity contribution is 0.873. The minimum absolute atomic E-state index is 0.595. The van der Waals surface area contributed by atoms with Gasteiger partial charge in [-0.25, -0.2) is 0 Å². The van der Waals surface area contributed by atoms with Crippen molar-refractivity contribution >= 4 is 23.6 Å². The van der Waals surface area contributed by atoms with E-state index >= 15 is 0 Å². The quantitative estimate of drug-likeness (QED) is 0.645. The first kappa shape index (κ1) is 7.95. The molecule has 0 atom stereocenters. The first-order chi connectivity index (χ1) is 4.61. The van der Waals surface area contributed by atoms with Crippen molar-refractivity contribution in [1.29, 1.82) is 0 Å². The number of hydrogen-bond donors (Lipinski definition) is 1. The number of nitrogens with one attached hydrogen (secondary N) is 1. The summed E-state index contributed by atoms with van der Waals surface area (Å²) < 4.78 is 0.890. The molecule has 1 aromatic rings. The first-order valence-corrected chi connectivity index (χ1v) is 4.53. The topological polar surface area (TPSA) is 15.8 Å². The van der Waals surface area contributed by atoms with Gasteiger partial charge in [-0.05, 0) is 25.1 Å². The van der Waals surface area contributed by atoms with E-state index in [0.29, 0.717) is 5.92 Å². The highest BCUT2D eigenvalue weighted by atomic mass is 32.1. The molecule has 3 heteroatoms. The van der Waals surface area contributed by atoms with Gasteiger partial charge in [-0.3, -0.25) is 0 Å². The van der Waals surface area contributed by atoms with Crippen LogP contribution in [-0.2, 0) is 0 Å². The average Bonchev–Trinajstić information content (AvgIpc) is 2.10. The second kappa shape index (κ2) is 2.84. The van der Waals surface area contributed by atoms with Gasteiger partial charge in [0.05, 0.1) is 0 Å². The van der Waals surface area contributed by atoms with E-state index in [2.05, 4.69) is 25.8 Å². The molecule has 0 bridgehead atoms. The third kappa shape index (κ3) is 1.47. The van der Waals surface area contributed by atoms with E-state index < -0.39 is 0 Å². The molecule has 0 aromatic carbocycles. The van der Waals surface area contributed by atoms with Crippen LogP contribution in [0.1, 0.15) is 30.3 Å². The molecular weight excluding hydrogens is 162 g/mol. The van der Waals surface area contributed by atoms with Crippen LogP contribution in [0.4, 0.5) is 0 Å². The van der Waals surface area contributed by atoms with Gasteiger partial charge >= 0.3 is 0 Å². The molecule has 1 nitrogen and oxygen atoms in total. The second-order valence-electron chi connectivity index (χ2n) is 2.66. The summed E-state index contributed by atoms with van der Waals surface area (Å²) in [6.07, 6.45) is 0. The Morgan fingerprint density at radius 1 is 1.50 bits per heavy atom. The molecule has 0 unspecified atom stereocenters. The largest absolute Gasteiger partial charge is 0.341 e. The molecule has 1 aromatic heterocycles. The predicted molar refractivity (Wildman–Crippen MR) is 48.3 cm³/mol. The van der Waals surface area contributed by atoms with Gasteiger partial charge in [0, 0.05) is 10.6 Å². The summed E-state index contributed by atoms with van der Waals surface area (Å²) in [7, 11) is 0. The van der Waals surface area contributed by atoms with E-state index in [1.165, 1.54) is 10.6 Å². The summed E-state index contributed by atoms with van der Waals surface area (Å²) in [5.74, 6) is 0.595. The number of H-pyrrole nitrogens is 1. The summed E-state index contributed by atoms with van der Waals surface area (Å²) in [5.41, 5.74) is 1.23. The van der Waals surface area contributed by atoms with E-state index in [0.717, 1.165) is 3.95 Å². The average molecular weight is 173 g/mol. The van der Waals surface area contributed by atoms with Gasteiger partial charge in [-0.15, -0.1) is 11.3 Å². The summed E-state index contributed by atoms with van der Waals surface area (Å²) >= 11 is 6.68. The summed E-state index contributed by atoms with van der Waals surface area (Å²) in [4.78, 5) is 4.50. The van der Waals surface area contributed by atoms with Crippen molar-refractivity contribution in [2.75, 3.05) is 0 Å². The highest BCUT2D eigenvalue weighted by molar-refractivity contribution is 7.73. The minimum atomic E-state index is 0.595. The van der Waals surface area contributed by atoms with Gasteiger partial charge in [0.1, 0.15) is 0 Å². The van der Waals surface area contributed by atoms with Crippen molar-refractivity contribution in [1.82, 2.24) is 4.98 Å².